The second-order valence-electron chi connectivity index (χ2n) is 5.37. The third-order valence-electron chi connectivity index (χ3n) is 3.74. The van der Waals surface area contributed by atoms with E-state index in [-0.39, 0.29) is 23.7 Å². The van der Waals surface area contributed by atoms with E-state index in [1.807, 2.05) is 0 Å². The van der Waals surface area contributed by atoms with Crippen molar-refractivity contribution in [2.75, 3.05) is 0 Å². The average Bonchev–Trinajstić information content (AvgIpc) is 2.57. The van der Waals surface area contributed by atoms with Crippen molar-refractivity contribution in [1.29, 1.82) is 0 Å². The summed E-state index contributed by atoms with van der Waals surface area (Å²) in [5, 5.41) is -0.576. The van der Waals surface area contributed by atoms with Crippen molar-refractivity contribution < 1.29 is 13.2 Å². The lowest BCUT2D eigenvalue weighted by molar-refractivity contribution is -0.136. The topological polar surface area (TPSA) is 47.8 Å². The molecule has 0 spiro atoms. The molecule has 3 aromatic rings. The molecule has 0 amide bonds. The first-order valence-electron chi connectivity index (χ1n) is 7.31. The van der Waals surface area contributed by atoms with Gasteiger partial charge in [-0.2, -0.15) is 13.2 Å². The first-order valence-corrected chi connectivity index (χ1v) is 7.31. The number of halogens is 3. The summed E-state index contributed by atoms with van der Waals surface area (Å²) in [7, 11) is 0. The van der Waals surface area contributed by atoms with E-state index in [9.17, 15) is 18.0 Å². The SMILES string of the molecule is C#CCn1c(C)nc2nc(-c3ccccc3)cc(C(F)(F)F)c2c1=O. The third-order valence-corrected chi connectivity index (χ3v) is 3.74. The van der Waals surface area contributed by atoms with Gasteiger partial charge in [0.15, 0.2) is 5.65 Å². The van der Waals surface area contributed by atoms with Gasteiger partial charge < -0.3 is 0 Å². The molecule has 126 valence electrons. The zero-order valence-electron chi connectivity index (χ0n) is 13.1. The van der Waals surface area contributed by atoms with Gasteiger partial charge >= 0.3 is 6.18 Å². The molecule has 0 aliphatic rings. The molecule has 0 saturated carbocycles. The third kappa shape index (κ3) is 2.98. The minimum Gasteiger partial charge on any atom is -0.284 e. The fourth-order valence-electron chi connectivity index (χ4n) is 2.58. The molecule has 4 nitrogen and oxygen atoms in total. The Morgan fingerprint density at radius 1 is 1.20 bits per heavy atom. The summed E-state index contributed by atoms with van der Waals surface area (Å²) in [5.74, 6) is 2.46. The summed E-state index contributed by atoms with van der Waals surface area (Å²) in [4.78, 5) is 20.8. The molecule has 0 fully saturated rings. The molecule has 0 unspecified atom stereocenters. The number of hydrogen-bond acceptors (Lipinski definition) is 3. The van der Waals surface area contributed by atoms with Gasteiger partial charge in [-0.15, -0.1) is 6.42 Å². The van der Waals surface area contributed by atoms with E-state index in [4.69, 9.17) is 6.42 Å². The molecule has 3 rings (SSSR count). The largest absolute Gasteiger partial charge is 0.417 e. The van der Waals surface area contributed by atoms with E-state index in [2.05, 4.69) is 15.9 Å². The van der Waals surface area contributed by atoms with E-state index in [1.54, 1.807) is 30.3 Å². The molecule has 2 aromatic heterocycles. The monoisotopic (exact) mass is 343 g/mol. The lowest BCUT2D eigenvalue weighted by Crippen LogP contribution is -2.26. The molecule has 0 atom stereocenters. The first-order chi connectivity index (χ1) is 11.8. The van der Waals surface area contributed by atoms with Gasteiger partial charge in [0.2, 0.25) is 0 Å². The van der Waals surface area contributed by atoms with Gasteiger partial charge in [0.05, 0.1) is 23.2 Å². The van der Waals surface area contributed by atoms with Crippen molar-refractivity contribution in [3.8, 4) is 23.6 Å². The van der Waals surface area contributed by atoms with Crippen molar-refractivity contribution in [1.82, 2.24) is 14.5 Å². The van der Waals surface area contributed by atoms with Crippen LogP contribution in [0.1, 0.15) is 11.4 Å². The van der Waals surface area contributed by atoms with Gasteiger partial charge in [0.1, 0.15) is 5.82 Å². The van der Waals surface area contributed by atoms with Gasteiger partial charge in [-0.05, 0) is 13.0 Å². The number of pyridine rings is 1. The maximum atomic E-state index is 13.6. The molecule has 0 bridgehead atoms. The second kappa shape index (κ2) is 6.06. The number of aryl methyl sites for hydroxylation is 1. The number of terminal acetylenes is 1. The van der Waals surface area contributed by atoms with Crippen LogP contribution in [-0.4, -0.2) is 14.5 Å². The lowest BCUT2D eigenvalue weighted by Gasteiger charge is -2.14. The van der Waals surface area contributed by atoms with Gasteiger partial charge in [0, 0.05) is 5.56 Å². The van der Waals surface area contributed by atoms with Crippen LogP contribution in [0.15, 0.2) is 41.2 Å². The van der Waals surface area contributed by atoms with Crippen LogP contribution in [0.25, 0.3) is 22.3 Å². The highest BCUT2D eigenvalue weighted by molar-refractivity contribution is 5.82. The van der Waals surface area contributed by atoms with E-state index >= 15 is 0 Å². The van der Waals surface area contributed by atoms with Crippen LogP contribution in [0.4, 0.5) is 13.2 Å². The molecule has 2 heterocycles. The number of benzene rings is 1. The van der Waals surface area contributed by atoms with Crippen LogP contribution in [0.2, 0.25) is 0 Å². The molecule has 0 N–H and O–H groups in total. The Bertz CT molecular complexity index is 1050. The summed E-state index contributed by atoms with van der Waals surface area (Å²) >= 11 is 0. The number of nitrogens with zero attached hydrogens (tertiary/aromatic N) is 3. The normalized spacial score (nSPS) is 11.5. The minimum atomic E-state index is -4.73. The zero-order chi connectivity index (χ0) is 18.2. The Balaban J connectivity index is 2.43. The van der Waals surface area contributed by atoms with Crippen molar-refractivity contribution in [3.05, 3.63) is 58.1 Å². The summed E-state index contributed by atoms with van der Waals surface area (Å²) in [6, 6.07) is 9.28. The quantitative estimate of drug-likeness (QED) is 0.670. The van der Waals surface area contributed by atoms with Crippen molar-refractivity contribution >= 4 is 11.0 Å². The maximum Gasteiger partial charge on any atom is 0.417 e. The van der Waals surface area contributed by atoms with Gasteiger partial charge in [-0.25, -0.2) is 9.97 Å². The van der Waals surface area contributed by atoms with E-state index in [0.29, 0.717) is 5.56 Å². The molecule has 0 saturated heterocycles. The molecule has 7 heteroatoms. The predicted octanol–water partition coefficient (Wildman–Crippen LogP) is 3.42. The molecule has 0 aliphatic carbocycles. The second-order valence-corrected chi connectivity index (χ2v) is 5.37. The van der Waals surface area contributed by atoms with Crippen LogP contribution in [0.5, 0.6) is 0 Å². The highest BCUT2D eigenvalue weighted by atomic mass is 19.4. The first kappa shape index (κ1) is 16.7. The van der Waals surface area contributed by atoms with Crippen LogP contribution in [0.3, 0.4) is 0 Å². The summed E-state index contributed by atoms with van der Waals surface area (Å²) in [5.41, 5.74) is -1.56. The fraction of sp³-hybridized carbons (Fsp3) is 0.167. The number of aromatic nitrogens is 3. The standard InChI is InChI=1S/C18H12F3N3O/c1-3-9-24-11(2)22-16-15(17(24)25)13(18(19,20)21)10-14(23-16)12-7-5-4-6-8-12/h1,4-8,10H,9H2,2H3. The van der Waals surface area contributed by atoms with Gasteiger partial charge in [-0.3, -0.25) is 9.36 Å². The molecular formula is C18H12F3N3O. The van der Waals surface area contributed by atoms with Gasteiger partial charge in [0.25, 0.3) is 5.56 Å². The maximum absolute atomic E-state index is 13.6. The van der Waals surface area contributed by atoms with Crippen LogP contribution in [-0.2, 0) is 12.7 Å². The number of hydrogen-bond donors (Lipinski definition) is 0. The zero-order valence-corrected chi connectivity index (χ0v) is 13.1. The van der Waals surface area contributed by atoms with Gasteiger partial charge in [-0.1, -0.05) is 36.3 Å². The Labute approximate surface area is 141 Å². The minimum absolute atomic E-state index is 0.0985. The lowest BCUT2D eigenvalue weighted by atomic mass is 10.1. The summed E-state index contributed by atoms with van der Waals surface area (Å²) < 4.78 is 41.7. The Hall–Kier alpha value is -3.14. The van der Waals surface area contributed by atoms with Crippen LogP contribution >= 0.6 is 0 Å². The average molecular weight is 343 g/mol. The predicted molar refractivity (Wildman–Crippen MR) is 87.8 cm³/mol. The van der Waals surface area contributed by atoms with Crippen LogP contribution in [0, 0.1) is 19.3 Å². The van der Waals surface area contributed by atoms with E-state index < -0.39 is 22.7 Å². The molecule has 0 radical (unpaired) electrons. The highest BCUT2D eigenvalue weighted by Gasteiger charge is 2.35. The smallest absolute Gasteiger partial charge is 0.284 e. The fourth-order valence-corrected chi connectivity index (χ4v) is 2.58. The number of rotatable bonds is 2. The summed E-state index contributed by atoms with van der Waals surface area (Å²) in [6.07, 6.45) is 0.464. The molecular weight excluding hydrogens is 331 g/mol. The van der Waals surface area contributed by atoms with Crippen molar-refractivity contribution in [3.63, 3.8) is 0 Å². The Kier molecular flexibility index (Phi) is 4.05. The number of alkyl halides is 3. The Morgan fingerprint density at radius 3 is 2.48 bits per heavy atom. The molecule has 0 aliphatic heterocycles. The van der Waals surface area contributed by atoms with Crippen molar-refractivity contribution in [2.45, 2.75) is 19.6 Å². The van der Waals surface area contributed by atoms with Crippen molar-refractivity contribution in [2.24, 2.45) is 0 Å². The highest BCUT2D eigenvalue weighted by Crippen LogP contribution is 2.35. The van der Waals surface area contributed by atoms with Crippen LogP contribution < -0.4 is 5.56 Å². The Morgan fingerprint density at radius 2 is 1.88 bits per heavy atom. The molecule has 1 aromatic carbocycles. The van der Waals surface area contributed by atoms with E-state index in [1.165, 1.54) is 6.92 Å². The molecule has 25 heavy (non-hydrogen) atoms. The summed E-state index contributed by atoms with van der Waals surface area (Å²) in [6.45, 7) is 1.34. The number of fused-ring (bicyclic) bond motifs is 1. The van der Waals surface area contributed by atoms with E-state index in [0.717, 1.165) is 10.6 Å².